The molecule has 0 bridgehead atoms. The van der Waals surface area contributed by atoms with Crippen LogP contribution in [0.3, 0.4) is 0 Å². The van der Waals surface area contributed by atoms with Gasteiger partial charge in [-0.25, -0.2) is 4.98 Å². The monoisotopic (exact) mass is 495 g/mol. The Bertz CT molecular complexity index is 1380. The van der Waals surface area contributed by atoms with Crippen molar-refractivity contribution in [1.82, 2.24) is 20.2 Å². The van der Waals surface area contributed by atoms with Gasteiger partial charge < -0.3 is 20.2 Å². The van der Waals surface area contributed by atoms with Gasteiger partial charge in [0, 0.05) is 56.9 Å². The van der Waals surface area contributed by atoms with E-state index >= 15 is 0 Å². The zero-order valence-corrected chi connectivity index (χ0v) is 21.1. The highest BCUT2D eigenvalue weighted by molar-refractivity contribution is 5.91. The van der Waals surface area contributed by atoms with E-state index in [1.165, 1.54) is 27.5 Å². The summed E-state index contributed by atoms with van der Waals surface area (Å²) in [5.74, 6) is 1.77. The van der Waals surface area contributed by atoms with Gasteiger partial charge in [0.25, 0.3) is 0 Å². The summed E-state index contributed by atoms with van der Waals surface area (Å²) in [6, 6.07) is 16.2. The van der Waals surface area contributed by atoms with Gasteiger partial charge in [-0.2, -0.15) is 10.2 Å². The predicted octanol–water partition coefficient (Wildman–Crippen LogP) is 2.90. The second-order valence-corrected chi connectivity index (χ2v) is 10.9. The average molecular weight is 496 g/mol. The summed E-state index contributed by atoms with van der Waals surface area (Å²) in [4.78, 5) is 17.4. The minimum absolute atomic E-state index is 0.0831. The molecule has 8 nitrogen and oxygen atoms in total. The molecule has 37 heavy (non-hydrogen) atoms. The minimum Gasteiger partial charge on any atom is -0.394 e. The highest BCUT2D eigenvalue weighted by Gasteiger charge is 2.37. The molecule has 190 valence electrons. The van der Waals surface area contributed by atoms with Gasteiger partial charge in [-0.1, -0.05) is 36.4 Å². The molecule has 0 saturated carbocycles. The third-order valence-electron chi connectivity index (χ3n) is 8.75. The fraction of sp³-hybridized carbons (Fsp3) is 0.483. The molecule has 2 fully saturated rings. The molecule has 0 spiro atoms. The van der Waals surface area contributed by atoms with Crippen molar-refractivity contribution in [2.45, 2.75) is 56.9 Å². The van der Waals surface area contributed by atoms with Gasteiger partial charge in [-0.05, 0) is 41.2 Å². The van der Waals surface area contributed by atoms with E-state index in [0.29, 0.717) is 12.5 Å². The second-order valence-electron chi connectivity index (χ2n) is 10.9. The number of hydrogen-bond donors (Lipinski definition) is 2. The number of anilines is 2. The van der Waals surface area contributed by atoms with Gasteiger partial charge in [0.05, 0.1) is 30.8 Å². The fourth-order valence-corrected chi connectivity index (χ4v) is 6.95. The lowest BCUT2D eigenvalue weighted by Crippen LogP contribution is -2.51. The molecule has 1 unspecified atom stereocenters. The van der Waals surface area contributed by atoms with Crippen LogP contribution in [0.5, 0.6) is 0 Å². The molecule has 2 saturated heterocycles. The molecule has 2 N–H and O–H groups in total. The molecule has 0 amide bonds. The molecular weight excluding hydrogens is 462 g/mol. The van der Waals surface area contributed by atoms with E-state index in [-0.39, 0.29) is 18.7 Å². The number of benzene rings is 2. The number of aliphatic hydroxyl groups excluding tert-OH is 1. The van der Waals surface area contributed by atoms with Gasteiger partial charge in [0.15, 0.2) is 0 Å². The molecule has 4 aliphatic rings. The van der Waals surface area contributed by atoms with Crippen molar-refractivity contribution < 1.29 is 5.11 Å². The third kappa shape index (κ3) is 3.84. The second kappa shape index (κ2) is 9.25. The normalized spacial score (nSPS) is 25.1. The Morgan fingerprint density at radius 3 is 2.86 bits per heavy atom. The van der Waals surface area contributed by atoms with Crippen LogP contribution in [0, 0.1) is 11.3 Å². The summed E-state index contributed by atoms with van der Waals surface area (Å²) in [5.41, 5.74) is 5.20. The first kappa shape index (κ1) is 22.9. The topological polar surface area (TPSA) is 91.5 Å². The quantitative estimate of drug-likeness (QED) is 0.558. The summed E-state index contributed by atoms with van der Waals surface area (Å²) in [7, 11) is 0. The smallest absolute Gasteiger partial charge is 0.227 e. The average Bonchev–Trinajstić information content (AvgIpc) is 3.66. The maximum absolute atomic E-state index is 9.99. The molecule has 3 atom stereocenters. The highest BCUT2D eigenvalue weighted by Crippen LogP contribution is 2.44. The Labute approximate surface area is 217 Å². The van der Waals surface area contributed by atoms with Crippen LogP contribution in [0.25, 0.3) is 10.8 Å². The van der Waals surface area contributed by atoms with Gasteiger partial charge in [0.2, 0.25) is 5.95 Å². The summed E-state index contributed by atoms with van der Waals surface area (Å²) >= 11 is 0. The molecule has 8 heteroatoms. The number of nitriles is 1. The number of aromatic nitrogens is 2. The molecule has 1 aliphatic carbocycles. The predicted molar refractivity (Wildman–Crippen MR) is 143 cm³/mol. The van der Waals surface area contributed by atoms with Crippen LogP contribution in [0.15, 0.2) is 36.4 Å². The molecule has 4 heterocycles. The largest absolute Gasteiger partial charge is 0.394 e. The van der Waals surface area contributed by atoms with E-state index in [1.54, 1.807) is 0 Å². The van der Waals surface area contributed by atoms with E-state index in [2.05, 4.69) is 62.5 Å². The first-order chi connectivity index (χ1) is 18.2. The standard InChI is InChI=1S/C29H33N7O/c30-10-9-21-15-34(13-11-31-21)28-24-16-35(17-25(24)32-29(33-28)36-12-3-7-22(36)18-37)26-14-20-6-1-4-19-5-2-8-23(26)27(19)20/h1-2,4-6,8,21-22,26,31,37H,3,7,9,11-18H2/t21-,22-,26?/m0/s1. The van der Waals surface area contributed by atoms with Crippen LogP contribution in [0.1, 0.15) is 47.7 Å². The van der Waals surface area contributed by atoms with E-state index in [0.717, 1.165) is 76.0 Å². The Hall–Kier alpha value is -3.25. The molecule has 3 aromatic rings. The number of piperazine rings is 1. The van der Waals surface area contributed by atoms with Crippen molar-refractivity contribution in [3.05, 3.63) is 58.8 Å². The Balaban J connectivity index is 1.25. The first-order valence-corrected chi connectivity index (χ1v) is 13.6. The van der Waals surface area contributed by atoms with E-state index in [1.807, 2.05) is 0 Å². The van der Waals surface area contributed by atoms with Crippen LogP contribution in [0.4, 0.5) is 11.8 Å². The molecule has 3 aliphatic heterocycles. The zero-order chi connectivity index (χ0) is 24.9. The lowest BCUT2D eigenvalue weighted by Gasteiger charge is -2.35. The van der Waals surface area contributed by atoms with E-state index < -0.39 is 0 Å². The summed E-state index contributed by atoms with van der Waals surface area (Å²) in [5, 5.41) is 25.5. The van der Waals surface area contributed by atoms with Crippen LogP contribution in [-0.2, 0) is 19.5 Å². The van der Waals surface area contributed by atoms with Crippen molar-refractivity contribution >= 4 is 22.5 Å². The number of nitrogens with one attached hydrogen (secondary N) is 1. The summed E-state index contributed by atoms with van der Waals surface area (Å²) in [6.07, 6.45) is 3.54. The number of nitrogens with zero attached hydrogens (tertiary/aromatic N) is 6. The zero-order valence-electron chi connectivity index (χ0n) is 21.1. The SMILES string of the molecule is N#CC[C@H]1CN(c2nc(N3CCC[C@H]3CO)nc3c2CN(C2Cc4cccc5cccc2c45)C3)CCN1. The number of rotatable bonds is 5. The van der Waals surface area contributed by atoms with Crippen molar-refractivity contribution in [3.63, 3.8) is 0 Å². The Morgan fingerprint density at radius 2 is 2.00 bits per heavy atom. The molecule has 2 aromatic carbocycles. The minimum atomic E-state index is 0.0831. The lowest BCUT2D eigenvalue weighted by atomic mass is 10.0. The Kier molecular flexibility index (Phi) is 5.73. The van der Waals surface area contributed by atoms with Crippen LogP contribution in [0.2, 0.25) is 0 Å². The van der Waals surface area contributed by atoms with Gasteiger partial charge in [-0.3, -0.25) is 4.90 Å². The summed E-state index contributed by atoms with van der Waals surface area (Å²) in [6.45, 7) is 5.12. The number of hydrogen-bond acceptors (Lipinski definition) is 8. The number of aliphatic hydroxyl groups is 1. The molecule has 7 rings (SSSR count). The van der Waals surface area contributed by atoms with Gasteiger partial charge in [0.1, 0.15) is 5.82 Å². The lowest BCUT2D eigenvalue weighted by molar-refractivity contribution is 0.203. The van der Waals surface area contributed by atoms with Crippen molar-refractivity contribution in [1.29, 1.82) is 5.26 Å². The maximum atomic E-state index is 9.99. The first-order valence-electron chi connectivity index (χ1n) is 13.6. The fourth-order valence-electron chi connectivity index (χ4n) is 6.95. The number of fused-ring (bicyclic) bond motifs is 1. The van der Waals surface area contributed by atoms with Crippen molar-refractivity contribution in [3.8, 4) is 6.07 Å². The highest BCUT2D eigenvalue weighted by atomic mass is 16.3. The van der Waals surface area contributed by atoms with Crippen LogP contribution in [-0.4, -0.2) is 64.8 Å². The maximum Gasteiger partial charge on any atom is 0.227 e. The van der Waals surface area contributed by atoms with Gasteiger partial charge >= 0.3 is 0 Å². The van der Waals surface area contributed by atoms with E-state index in [9.17, 15) is 10.4 Å². The van der Waals surface area contributed by atoms with Crippen molar-refractivity contribution in [2.75, 3.05) is 42.6 Å². The van der Waals surface area contributed by atoms with Crippen LogP contribution < -0.4 is 15.1 Å². The molecule has 0 radical (unpaired) electrons. The Morgan fingerprint density at radius 1 is 1.11 bits per heavy atom. The van der Waals surface area contributed by atoms with Crippen molar-refractivity contribution in [2.24, 2.45) is 0 Å². The third-order valence-corrected chi connectivity index (χ3v) is 8.75. The van der Waals surface area contributed by atoms with Gasteiger partial charge in [-0.15, -0.1) is 0 Å². The van der Waals surface area contributed by atoms with E-state index in [4.69, 9.17) is 9.97 Å². The van der Waals surface area contributed by atoms with Crippen LogP contribution >= 0.6 is 0 Å². The summed E-state index contributed by atoms with van der Waals surface area (Å²) < 4.78 is 0. The molecular formula is C29H33N7O. The molecule has 1 aromatic heterocycles.